The molecule has 1 heterocycles. The number of halogens is 2. The highest BCUT2D eigenvalue weighted by molar-refractivity contribution is 6.02. The Bertz CT molecular complexity index is 577. The molecular formula is C12H11F2NO2. The minimum Gasteiger partial charge on any atom is -0.461 e. The number of carbonyl (C=O) groups is 1. The van der Waals surface area contributed by atoms with Crippen molar-refractivity contribution in [2.45, 2.75) is 13.0 Å². The Kier molecular flexibility index (Phi) is 2.93. The lowest BCUT2D eigenvalue weighted by molar-refractivity contribution is 0.0951. The van der Waals surface area contributed by atoms with Gasteiger partial charge in [-0.05, 0) is 26.1 Å². The minimum absolute atomic E-state index is 0.0914. The summed E-state index contributed by atoms with van der Waals surface area (Å²) in [6.45, 7) is 1.61. The summed E-state index contributed by atoms with van der Waals surface area (Å²) >= 11 is 0. The van der Waals surface area contributed by atoms with Crippen molar-refractivity contribution in [2.75, 3.05) is 7.05 Å². The van der Waals surface area contributed by atoms with E-state index in [0.29, 0.717) is 0 Å². The molecule has 17 heavy (non-hydrogen) atoms. The lowest BCUT2D eigenvalue weighted by Gasteiger charge is -2.09. The van der Waals surface area contributed by atoms with Crippen LogP contribution in [0.3, 0.4) is 0 Å². The van der Waals surface area contributed by atoms with E-state index in [2.05, 4.69) is 5.32 Å². The number of likely N-dealkylation sites (N-methyl/N-ethyl adjacent to an activating group) is 1. The van der Waals surface area contributed by atoms with Crippen LogP contribution in [0.25, 0.3) is 11.0 Å². The SMILES string of the molecule is CN[C@@H](C)C(=O)c1ccc2occ(F)c2c1F. The smallest absolute Gasteiger partial charge is 0.182 e. The lowest BCUT2D eigenvalue weighted by atomic mass is 10.0. The van der Waals surface area contributed by atoms with Crippen LogP contribution in [0.1, 0.15) is 17.3 Å². The number of hydrogen-bond donors (Lipinski definition) is 1. The van der Waals surface area contributed by atoms with Gasteiger partial charge in [-0.3, -0.25) is 4.79 Å². The number of rotatable bonds is 3. The topological polar surface area (TPSA) is 42.2 Å². The summed E-state index contributed by atoms with van der Waals surface area (Å²) in [6, 6.07) is 2.16. The van der Waals surface area contributed by atoms with Crippen LogP contribution in [0.2, 0.25) is 0 Å². The fraction of sp³-hybridized carbons (Fsp3) is 0.250. The van der Waals surface area contributed by atoms with E-state index in [1.165, 1.54) is 12.1 Å². The molecule has 0 aliphatic rings. The van der Waals surface area contributed by atoms with Gasteiger partial charge in [0, 0.05) is 0 Å². The predicted octanol–water partition coefficient (Wildman–Crippen LogP) is 2.50. The van der Waals surface area contributed by atoms with Gasteiger partial charge in [-0.1, -0.05) is 0 Å². The first-order valence-corrected chi connectivity index (χ1v) is 5.13. The highest BCUT2D eigenvalue weighted by Gasteiger charge is 2.21. The van der Waals surface area contributed by atoms with E-state index in [1.54, 1.807) is 14.0 Å². The maximum Gasteiger partial charge on any atom is 0.182 e. The zero-order chi connectivity index (χ0) is 12.6. The van der Waals surface area contributed by atoms with Crippen LogP contribution < -0.4 is 5.32 Å². The molecule has 5 heteroatoms. The van der Waals surface area contributed by atoms with Gasteiger partial charge in [0.05, 0.1) is 17.0 Å². The predicted molar refractivity (Wildman–Crippen MR) is 59.0 cm³/mol. The summed E-state index contributed by atoms with van der Waals surface area (Å²) in [4.78, 5) is 11.8. The number of carbonyl (C=O) groups excluding carboxylic acids is 1. The fourth-order valence-corrected chi connectivity index (χ4v) is 1.61. The Labute approximate surface area is 96.4 Å². The fourth-order valence-electron chi connectivity index (χ4n) is 1.61. The third-order valence-electron chi connectivity index (χ3n) is 2.72. The average molecular weight is 239 g/mol. The molecular weight excluding hydrogens is 228 g/mol. The Morgan fingerprint density at radius 2 is 2.12 bits per heavy atom. The van der Waals surface area contributed by atoms with Gasteiger partial charge in [0.2, 0.25) is 0 Å². The molecule has 0 aliphatic heterocycles. The van der Waals surface area contributed by atoms with Gasteiger partial charge in [0.15, 0.2) is 11.6 Å². The summed E-state index contributed by atoms with van der Waals surface area (Å²) in [6.07, 6.45) is 0.823. The lowest BCUT2D eigenvalue weighted by Crippen LogP contribution is -2.31. The third kappa shape index (κ3) is 1.82. The molecule has 0 spiro atoms. The van der Waals surface area contributed by atoms with Crippen LogP contribution in [-0.2, 0) is 0 Å². The normalized spacial score (nSPS) is 12.9. The van der Waals surface area contributed by atoms with Crippen LogP contribution >= 0.6 is 0 Å². The number of ketones is 1. The van der Waals surface area contributed by atoms with Crippen molar-refractivity contribution in [1.82, 2.24) is 5.32 Å². The van der Waals surface area contributed by atoms with E-state index < -0.39 is 23.5 Å². The zero-order valence-corrected chi connectivity index (χ0v) is 9.38. The van der Waals surface area contributed by atoms with E-state index in [9.17, 15) is 13.6 Å². The maximum atomic E-state index is 14.0. The molecule has 3 nitrogen and oxygen atoms in total. The number of fused-ring (bicyclic) bond motifs is 1. The Morgan fingerprint density at radius 1 is 1.41 bits per heavy atom. The van der Waals surface area contributed by atoms with Crippen molar-refractivity contribution >= 4 is 16.8 Å². The van der Waals surface area contributed by atoms with Gasteiger partial charge in [0.1, 0.15) is 17.7 Å². The molecule has 90 valence electrons. The van der Waals surface area contributed by atoms with Gasteiger partial charge < -0.3 is 9.73 Å². The first kappa shape index (κ1) is 11.7. The first-order valence-electron chi connectivity index (χ1n) is 5.13. The number of furan rings is 1. The molecule has 0 saturated heterocycles. The summed E-state index contributed by atoms with van der Waals surface area (Å²) in [7, 11) is 1.59. The van der Waals surface area contributed by atoms with Crippen LogP contribution in [0.15, 0.2) is 22.8 Å². The summed E-state index contributed by atoms with van der Waals surface area (Å²) in [5.41, 5.74) is -0.0479. The van der Waals surface area contributed by atoms with Crippen molar-refractivity contribution in [3.05, 3.63) is 35.6 Å². The van der Waals surface area contributed by atoms with Crippen molar-refractivity contribution < 1.29 is 18.0 Å². The van der Waals surface area contributed by atoms with Crippen LogP contribution in [0.4, 0.5) is 8.78 Å². The Morgan fingerprint density at radius 3 is 2.76 bits per heavy atom. The quantitative estimate of drug-likeness (QED) is 0.837. The molecule has 0 radical (unpaired) electrons. The van der Waals surface area contributed by atoms with Gasteiger partial charge in [0.25, 0.3) is 0 Å². The molecule has 1 aromatic carbocycles. The van der Waals surface area contributed by atoms with Gasteiger partial charge in [-0.25, -0.2) is 8.78 Å². The molecule has 0 amide bonds. The molecule has 1 aromatic heterocycles. The minimum atomic E-state index is -0.874. The van der Waals surface area contributed by atoms with E-state index in [4.69, 9.17) is 4.42 Å². The summed E-state index contributed by atoms with van der Waals surface area (Å²) in [5, 5.41) is 2.43. The average Bonchev–Trinajstić information content (AvgIpc) is 2.70. The molecule has 2 rings (SSSR count). The van der Waals surface area contributed by atoms with Crippen molar-refractivity contribution in [1.29, 1.82) is 0 Å². The largest absolute Gasteiger partial charge is 0.461 e. The van der Waals surface area contributed by atoms with Crippen LogP contribution in [0.5, 0.6) is 0 Å². The maximum absolute atomic E-state index is 14.0. The molecule has 0 fully saturated rings. The van der Waals surface area contributed by atoms with Crippen molar-refractivity contribution in [3.8, 4) is 0 Å². The standard InChI is InChI=1S/C12H11F2NO2/c1-6(15-2)12(16)7-3-4-9-10(11(7)14)8(13)5-17-9/h3-6,15H,1-2H3/t6-/m0/s1. The molecule has 1 N–H and O–H groups in total. The molecule has 0 unspecified atom stereocenters. The highest BCUT2D eigenvalue weighted by atomic mass is 19.1. The van der Waals surface area contributed by atoms with E-state index >= 15 is 0 Å². The second-order valence-corrected chi connectivity index (χ2v) is 3.76. The number of hydrogen-bond acceptors (Lipinski definition) is 3. The van der Waals surface area contributed by atoms with Crippen molar-refractivity contribution in [2.24, 2.45) is 0 Å². The molecule has 1 atom stereocenters. The Balaban J connectivity index is 2.59. The zero-order valence-electron chi connectivity index (χ0n) is 9.38. The summed E-state index contributed by atoms with van der Waals surface area (Å²) < 4.78 is 32.0. The monoisotopic (exact) mass is 239 g/mol. The van der Waals surface area contributed by atoms with Crippen LogP contribution in [0, 0.1) is 11.6 Å². The Hall–Kier alpha value is -1.75. The van der Waals surface area contributed by atoms with Crippen LogP contribution in [-0.4, -0.2) is 18.9 Å². The van der Waals surface area contributed by atoms with Gasteiger partial charge >= 0.3 is 0 Å². The number of benzene rings is 1. The van der Waals surface area contributed by atoms with E-state index in [-0.39, 0.29) is 16.5 Å². The molecule has 0 saturated carbocycles. The summed E-state index contributed by atoms with van der Waals surface area (Å²) in [5.74, 6) is -2.10. The number of nitrogens with one attached hydrogen (secondary N) is 1. The molecule has 2 aromatic rings. The van der Waals surface area contributed by atoms with Gasteiger partial charge in [-0.2, -0.15) is 0 Å². The second-order valence-electron chi connectivity index (χ2n) is 3.76. The van der Waals surface area contributed by atoms with Crippen molar-refractivity contribution in [3.63, 3.8) is 0 Å². The third-order valence-corrected chi connectivity index (χ3v) is 2.72. The number of Topliss-reactive ketones (excluding diaryl/α,β-unsaturated/α-hetero) is 1. The molecule has 0 bridgehead atoms. The highest BCUT2D eigenvalue weighted by Crippen LogP contribution is 2.26. The van der Waals surface area contributed by atoms with Gasteiger partial charge in [-0.15, -0.1) is 0 Å². The van der Waals surface area contributed by atoms with E-state index in [1.807, 2.05) is 0 Å². The second kappa shape index (κ2) is 4.25. The first-order chi connectivity index (χ1) is 8.06. The van der Waals surface area contributed by atoms with E-state index in [0.717, 1.165) is 6.26 Å². The molecule has 0 aliphatic carbocycles.